The van der Waals surface area contributed by atoms with Gasteiger partial charge in [0, 0.05) is 5.69 Å². The van der Waals surface area contributed by atoms with E-state index in [0.29, 0.717) is 0 Å². The Kier molecular flexibility index (Phi) is 1.87. The number of nitrogens with two attached hydrogens (primary N) is 1. The lowest BCUT2D eigenvalue weighted by atomic mass is 10.3. The first-order chi connectivity index (χ1) is 4.74. The molecule has 1 aromatic rings. The number of rotatable bonds is 1. The van der Waals surface area contributed by atoms with Crippen LogP contribution in [-0.2, 0) is 0 Å². The van der Waals surface area contributed by atoms with Gasteiger partial charge in [0.15, 0.2) is 0 Å². The molecule has 0 unspecified atom stereocenters. The summed E-state index contributed by atoms with van der Waals surface area (Å²) >= 11 is 0. The fourth-order valence-corrected chi connectivity index (χ4v) is 0.839. The van der Waals surface area contributed by atoms with E-state index in [1.165, 1.54) is 0 Å². The maximum Gasteiger partial charge on any atom is 0.0698 e. The Morgan fingerprint density at radius 2 is 2.10 bits per heavy atom. The average Bonchev–Trinajstić information content (AvgIpc) is 1.88. The van der Waals surface area contributed by atoms with Crippen LogP contribution in [0.2, 0.25) is 0 Å². The first-order valence-electron chi connectivity index (χ1n) is 3.15. The van der Waals surface area contributed by atoms with Gasteiger partial charge in [0.05, 0.1) is 11.4 Å². The van der Waals surface area contributed by atoms with Gasteiger partial charge in [-0.3, -0.25) is 10.8 Å². The summed E-state index contributed by atoms with van der Waals surface area (Å²) in [6.45, 7) is 3.87. The van der Waals surface area contributed by atoms with E-state index in [1.54, 1.807) is 0 Å². The summed E-state index contributed by atoms with van der Waals surface area (Å²) in [6.07, 6.45) is 0. The van der Waals surface area contributed by atoms with Crippen molar-refractivity contribution in [1.82, 2.24) is 4.98 Å². The summed E-state index contributed by atoms with van der Waals surface area (Å²) in [4.78, 5) is 4.20. The van der Waals surface area contributed by atoms with E-state index in [4.69, 9.17) is 5.84 Å². The summed E-state index contributed by atoms with van der Waals surface area (Å²) in [7, 11) is 0. The van der Waals surface area contributed by atoms with E-state index in [-0.39, 0.29) is 0 Å². The van der Waals surface area contributed by atoms with Crippen molar-refractivity contribution in [3.8, 4) is 0 Å². The molecule has 0 atom stereocenters. The summed E-state index contributed by atoms with van der Waals surface area (Å²) in [5, 5.41) is 0. The molecule has 0 spiro atoms. The lowest BCUT2D eigenvalue weighted by Crippen LogP contribution is -2.08. The quantitative estimate of drug-likeness (QED) is 0.448. The van der Waals surface area contributed by atoms with Crippen LogP contribution in [0.25, 0.3) is 0 Å². The smallest absolute Gasteiger partial charge is 0.0698 e. The van der Waals surface area contributed by atoms with E-state index < -0.39 is 0 Å². The first kappa shape index (κ1) is 7.02. The molecule has 0 aromatic carbocycles. The molecule has 3 heteroatoms. The van der Waals surface area contributed by atoms with Crippen molar-refractivity contribution in [3.05, 3.63) is 23.5 Å². The summed E-state index contributed by atoms with van der Waals surface area (Å²) < 4.78 is 0. The second kappa shape index (κ2) is 2.66. The molecule has 0 fully saturated rings. The zero-order chi connectivity index (χ0) is 7.56. The van der Waals surface area contributed by atoms with E-state index in [1.807, 2.05) is 26.0 Å². The van der Waals surface area contributed by atoms with Gasteiger partial charge in [-0.1, -0.05) is 0 Å². The predicted octanol–water partition coefficient (Wildman–Crippen LogP) is 0.984. The first-order valence-corrected chi connectivity index (χ1v) is 3.15. The van der Waals surface area contributed by atoms with E-state index in [0.717, 1.165) is 17.1 Å². The monoisotopic (exact) mass is 137 g/mol. The minimum Gasteiger partial charge on any atom is -0.322 e. The van der Waals surface area contributed by atoms with E-state index in [2.05, 4.69) is 10.4 Å². The Labute approximate surface area is 60.2 Å². The number of aryl methyl sites for hydroxylation is 2. The van der Waals surface area contributed by atoms with Crippen molar-refractivity contribution >= 4 is 5.69 Å². The maximum atomic E-state index is 5.21. The molecule has 0 aliphatic rings. The number of pyridine rings is 1. The van der Waals surface area contributed by atoms with Crippen LogP contribution in [0, 0.1) is 13.8 Å². The highest BCUT2D eigenvalue weighted by molar-refractivity contribution is 5.46. The van der Waals surface area contributed by atoms with Gasteiger partial charge in [-0.15, -0.1) is 0 Å². The molecule has 0 amide bonds. The lowest BCUT2D eigenvalue weighted by Gasteiger charge is -2.02. The number of hydrogen-bond donors (Lipinski definition) is 2. The summed E-state index contributed by atoms with van der Waals surface area (Å²) in [6, 6.07) is 3.83. The third kappa shape index (κ3) is 1.25. The average molecular weight is 137 g/mol. The molecule has 0 radical (unpaired) electrons. The van der Waals surface area contributed by atoms with Crippen molar-refractivity contribution in [2.75, 3.05) is 5.43 Å². The molecule has 0 saturated carbocycles. The van der Waals surface area contributed by atoms with Gasteiger partial charge in [0.2, 0.25) is 0 Å². The Morgan fingerprint density at radius 1 is 1.40 bits per heavy atom. The molecule has 1 aromatic heterocycles. The van der Waals surface area contributed by atoms with Crippen molar-refractivity contribution in [3.63, 3.8) is 0 Å². The highest BCUT2D eigenvalue weighted by atomic mass is 15.2. The molecule has 3 nitrogen and oxygen atoms in total. The largest absolute Gasteiger partial charge is 0.322 e. The third-order valence-electron chi connectivity index (χ3n) is 1.38. The Balaban J connectivity index is 3.07. The SMILES string of the molecule is Cc1ccc(NN)c(C)n1. The van der Waals surface area contributed by atoms with Crippen LogP contribution in [0.5, 0.6) is 0 Å². The van der Waals surface area contributed by atoms with Gasteiger partial charge in [0.1, 0.15) is 0 Å². The maximum absolute atomic E-state index is 5.21. The van der Waals surface area contributed by atoms with Crippen LogP contribution in [-0.4, -0.2) is 4.98 Å². The van der Waals surface area contributed by atoms with Crippen molar-refractivity contribution in [2.45, 2.75) is 13.8 Å². The number of aromatic nitrogens is 1. The molecule has 1 heterocycles. The van der Waals surface area contributed by atoms with Crippen LogP contribution in [0.1, 0.15) is 11.4 Å². The molecule has 0 bridgehead atoms. The molecule has 0 saturated heterocycles. The minimum atomic E-state index is 0.880. The summed E-state index contributed by atoms with van der Waals surface area (Å²) in [5.41, 5.74) is 5.38. The highest BCUT2D eigenvalue weighted by Crippen LogP contribution is 2.09. The van der Waals surface area contributed by atoms with Crippen LogP contribution in [0.4, 0.5) is 5.69 Å². The fourth-order valence-electron chi connectivity index (χ4n) is 0.839. The van der Waals surface area contributed by atoms with Crippen LogP contribution in [0.3, 0.4) is 0 Å². The lowest BCUT2D eigenvalue weighted by molar-refractivity contribution is 1.11. The second-order valence-electron chi connectivity index (χ2n) is 2.23. The zero-order valence-electron chi connectivity index (χ0n) is 6.18. The minimum absolute atomic E-state index is 0.880. The number of nitrogens with one attached hydrogen (secondary N) is 1. The van der Waals surface area contributed by atoms with Gasteiger partial charge in [0.25, 0.3) is 0 Å². The number of nitrogen functional groups attached to an aromatic ring is 1. The normalized spacial score (nSPS) is 9.50. The van der Waals surface area contributed by atoms with Gasteiger partial charge in [-0.05, 0) is 26.0 Å². The molecule has 0 aliphatic heterocycles. The van der Waals surface area contributed by atoms with Gasteiger partial charge >= 0.3 is 0 Å². The Bertz CT molecular complexity index is 232. The fraction of sp³-hybridized carbons (Fsp3) is 0.286. The highest BCUT2D eigenvalue weighted by Gasteiger charge is 1.94. The second-order valence-corrected chi connectivity index (χ2v) is 2.23. The number of anilines is 1. The Hall–Kier alpha value is -1.09. The molecule has 1 rings (SSSR count). The van der Waals surface area contributed by atoms with Crippen LogP contribution in [0.15, 0.2) is 12.1 Å². The third-order valence-corrected chi connectivity index (χ3v) is 1.38. The predicted molar refractivity (Wildman–Crippen MR) is 41.5 cm³/mol. The Morgan fingerprint density at radius 3 is 2.60 bits per heavy atom. The zero-order valence-corrected chi connectivity index (χ0v) is 6.18. The molecule has 3 N–H and O–H groups in total. The van der Waals surface area contributed by atoms with Crippen LogP contribution >= 0.6 is 0 Å². The number of hydrogen-bond acceptors (Lipinski definition) is 3. The van der Waals surface area contributed by atoms with Crippen molar-refractivity contribution < 1.29 is 0 Å². The van der Waals surface area contributed by atoms with Crippen molar-refractivity contribution in [1.29, 1.82) is 0 Å². The van der Waals surface area contributed by atoms with E-state index >= 15 is 0 Å². The van der Waals surface area contributed by atoms with Gasteiger partial charge in [-0.2, -0.15) is 0 Å². The standard InChI is InChI=1S/C7H11N3/c1-5-3-4-7(10-8)6(2)9-5/h3-4,10H,8H2,1-2H3. The number of hydrazine groups is 1. The summed E-state index contributed by atoms with van der Waals surface area (Å²) in [5.74, 6) is 5.21. The van der Waals surface area contributed by atoms with Crippen LogP contribution < -0.4 is 11.3 Å². The van der Waals surface area contributed by atoms with Gasteiger partial charge < -0.3 is 5.43 Å². The number of nitrogens with zero attached hydrogens (tertiary/aromatic N) is 1. The van der Waals surface area contributed by atoms with E-state index in [9.17, 15) is 0 Å². The molecule has 10 heavy (non-hydrogen) atoms. The molecule has 54 valence electrons. The van der Waals surface area contributed by atoms with Crippen molar-refractivity contribution in [2.24, 2.45) is 5.84 Å². The molecular formula is C7H11N3. The topological polar surface area (TPSA) is 50.9 Å². The van der Waals surface area contributed by atoms with Gasteiger partial charge in [-0.25, -0.2) is 0 Å². The molecule has 0 aliphatic carbocycles. The molecular weight excluding hydrogens is 126 g/mol.